The summed E-state index contributed by atoms with van der Waals surface area (Å²) in [4.78, 5) is 18.1. The Hall–Kier alpha value is -0.960. The fraction of sp³-hybridized carbons (Fsp3) is 0.167. The summed E-state index contributed by atoms with van der Waals surface area (Å²) in [6.07, 6.45) is 2.87. The van der Waals surface area contributed by atoms with Crippen molar-refractivity contribution in [3.05, 3.63) is 23.2 Å². The minimum atomic E-state index is -0.168. The van der Waals surface area contributed by atoms with E-state index in [-0.39, 0.29) is 16.6 Å². The van der Waals surface area contributed by atoms with Crippen molar-refractivity contribution >= 4 is 17.4 Å². The number of hydrogen-bond donors (Lipinski definition) is 0. The van der Waals surface area contributed by atoms with Crippen molar-refractivity contribution in [2.75, 3.05) is 0 Å². The maximum atomic E-state index is 10.7. The molecule has 0 amide bonds. The molecule has 3 nitrogen and oxygen atoms in total. The molecular weight excluding hydrogens is 152 g/mol. The second kappa shape index (κ2) is 2.75. The van der Waals surface area contributed by atoms with E-state index in [2.05, 4.69) is 9.97 Å². The molecule has 0 spiro atoms. The van der Waals surface area contributed by atoms with Gasteiger partial charge in [0.2, 0.25) is 0 Å². The van der Waals surface area contributed by atoms with E-state index in [4.69, 9.17) is 11.6 Å². The average molecular weight is 157 g/mol. The molecule has 0 fully saturated rings. The molecule has 1 aromatic rings. The van der Waals surface area contributed by atoms with Gasteiger partial charge in [-0.3, -0.25) is 4.79 Å². The van der Waals surface area contributed by atoms with Gasteiger partial charge >= 0.3 is 0 Å². The molecular formula is C6H5ClN2O. The van der Waals surface area contributed by atoms with Crippen LogP contribution in [0.1, 0.15) is 17.4 Å². The van der Waals surface area contributed by atoms with Gasteiger partial charge in [0.1, 0.15) is 5.69 Å². The third kappa shape index (κ3) is 1.30. The van der Waals surface area contributed by atoms with E-state index in [9.17, 15) is 4.79 Å². The van der Waals surface area contributed by atoms with Crippen LogP contribution in [-0.4, -0.2) is 15.8 Å². The zero-order valence-corrected chi connectivity index (χ0v) is 6.09. The Morgan fingerprint density at radius 3 is 2.50 bits per heavy atom. The van der Waals surface area contributed by atoms with Crippen LogP contribution < -0.4 is 0 Å². The first-order valence-electron chi connectivity index (χ1n) is 2.69. The monoisotopic (exact) mass is 156 g/mol. The highest BCUT2D eigenvalue weighted by Gasteiger charge is 2.05. The molecule has 1 rings (SSSR count). The largest absolute Gasteiger partial charge is 0.293 e. The molecule has 4 heteroatoms. The molecule has 0 bridgehead atoms. The zero-order valence-electron chi connectivity index (χ0n) is 5.34. The summed E-state index contributed by atoms with van der Waals surface area (Å²) in [7, 11) is 0. The van der Waals surface area contributed by atoms with Crippen molar-refractivity contribution in [1.82, 2.24) is 9.97 Å². The van der Waals surface area contributed by atoms with Gasteiger partial charge in [-0.05, 0) is 0 Å². The van der Waals surface area contributed by atoms with Crippen molar-refractivity contribution < 1.29 is 4.79 Å². The second-order valence-electron chi connectivity index (χ2n) is 1.75. The summed E-state index contributed by atoms with van der Waals surface area (Å²) in [5.74, 6) is -0.168. The highest BCUT2D eigenvalue weighted by atomic mass is 35.5. The predicted molar refractivity (Wildman–Crippen MR) is 37.0 cm³/mol. The number of nitrogens with zero attached hydrogens (tertiary/aromatic N) is 2. The Labute approximate surface area is 63.1 Å². The van der Waals surface area contributed by atoms with E-state index in [1.54, 1.807) is 0 Å². The van der Waals surface area contributed by atoms with E-state index in [0.717, 1.165) is 0 Å². The van der Waals surface area contributed by atoms with Crippen molar-refractivity contribution in [1.29, 1.82) is 0 Å². The highest BCUT2D eigenvalue weighted by molar-refractivity contribution is 6.32. The fourth-order valence-electron chi connectivity index (χ4n) is 0.557. The van der Waals surface area contributed by atoms with Gasteiger partial charge in [0.25, 0.3) is 0 Å². The summed E-state index contributed by atoms with van der Waals surface area (Å²) in [6.45, 7) is 1.40. The molecule has 0 aromatic carbocycles. The number of rotatable bonds is 1. The van der Waals surface area contributed by atoms with Crippen LogP contribution in [0.3, 0.4) is 0 Å². The van der Waals surface area contributed by atoms with Crippen LogP contribution in [0.25, 0.3) is 0 Å². The first-order valence-corrected chi connectivity index (χ1v) is 3.07. The molecule has 52 valence electrons. The van der Waals surface area contributed by atoms with Gasteiger partial charge in [-0.1, -0.05) is 11.6 Å². The molecule has 1 aromatic heterocycles. The van der Waals surface area contributed by atoms with E-state index in [0.29, 0.717) is 0 Å². The van der Waals surface area contributed by atoms with E-state index >= 15 is 0 Å². The molecule has 0 atom stereocenters. The topological polar surface area (TPSA) is 42.9 Å². The molecule has 0 radical (unpaired) electrons. The molecule has 0 N–H and O–H groups in total. The molecule has 0 aliphatic heterocycles. The van der Waals surface area contributed by atoms with Gasteiger partial charge in [-0.25, -0.2) is 9.97 Å². The van der Waals surface area contributed by atoms with Gasteiger partial charge in [0.05, 0.1) is 0 Å². The third-order valence-corrected chi connectivity index (χ3v) is 1.26. The van der Waals surface area contributed by atoms with Crippen LogP contribution in [0.2, 0.25) is 5.15 Å². The minimum Gasteiger partial charge on any atom is -0.293 e. The number of aromatic nitrogens is 2. The minimum absolute atomic E-state index is 0.162. The first-order chi connectivity index (χ1) is 4.72. The molecule has 0 aliphatic rings. The van der Waals surface area contributed by atoms with Crippen LogP contribution in [0.15, 0.2) is 12.4 Å². The van der Waals surface area contributed by atoms with Gasteiger partial charge in [0, 0.05) is 19.3 Å². The summed E-state index contributed by atoms with van der Waals surface area (Å²) in [6, 6.07) is 0. The summed E-state index contributed by atoms with van der Waals surface area (Å²) in [5.41, 5.74) is 0.226. The normalized spacial score (nSPS) is 9.40. The van der Waals surface area contributed by atoms with Crippen molar-refractivity contribution in [3.63, 3.8) is 0 Å². The summed E-state index contributed by atoms with van der Waals surface area (Å²) < 4.78 is 0. The van der Waals surface area contributed by atoms with E-state index in [1.165, 1.54) is 19.3 Å². The number of carbonyl (C=O) groups is 1. The Morgan fingerprint density at radius 1 is 1.50 bits per heavy atom. The number of carbonyl (C=O) groups excluding carboxylic acids is 1. The van der Waals surface area contributed by atoms with Crippen molar-refractivity contribution in [3.8, 4) is 0 Å². The lowest BCUT2D eigenvalue weighted by Crippen LogP contribution is -1.98. The SMILES string of the molecule is CC(=O)c1nccnc1Cl. The van der Waals surface area contributed by atoms with Gasteiger partial charge in [-0.15, -0.1) is 0 Å². The van der Waals surface area contributed by atoms with Crippen molar-refractivity contribution in [2.45, 2.75) is 6.92 Å². The van der Waals surface area contributed by atoms with Crippen molar-refractivity contribution in [2.24, 2.45) is 0 Å². The third-order valence-electron chi connectivity index (χ3n) is 0.987. The van der Waals surface area contributed by atoms with Gasteiger partial charge in [0.15, 0.2) is 10.9 Å². The molecule has 0 saturated carbocycles. The zero-order chi connectivity index (χ0) is 7.56. The number of Topliss-reactive ketones (excluding diaryl/α,β-unsaturated/α-hetero) is 1. The summed E-state index contributed by atoms with van der Waals surface area (Å²) in [5, 5.41) is 0.162. The van der Waals surface area contributed by atoms with E-state index in [1.807, 2.05) is 0 Å². The predicted octanol–water partition coefficient (Wildman–Crippen LogP) is 1.33. The van der Waals surface area contributed by atoms with Crippen LogP contribution in [-0.2, 0) is 0 Å². The molecule has 0 aliphatic carbocycles. The van der Waals surface area contributed by atoms with E-state index < -0.39 is 0 Å². The Kier molecular flexibility index (Phi) is 1.97. The maximum absolute atomic E-state index is 10.7. The first kappa shape index (κ1) is 7.15. The smallest absolute Gasteiger partial charge is 0.181 e. The molecule has 0 saturated heterocycles. The Bertz CT molecular complexity index is 262. The Morgan fingerprint density at radius 2 is 2.10 bits per heavy atom. The highest BCUT2D eigenvalue weighted by Crippen LogP contribution is 2.07. The fourth-order valence-corrected chi connectivity index (χ4v) is 0.795. The molecule has 10 heavy (non-hydrogen) atoms. The Balaban J connectivity index is 3.15. The quantitative estimate of drug-likeness (QED) is 0.577. The van der Waals surface area contributed by atoms with Crippen LogP contribution >= 0.6 is 11.6 Å². The number of hydrogen-bond acceptors (Lipinski definition) is 3. The average Bonchev–Trinajstić information content (AvgIpc) is 1.88. The summed E-state index contributed by atoms with van der Waals surface area (Å²) >= 11 is 5.52. The molecule has 1 heterocycles. The van der Waals surface area contributed by atoms with Crippen LogP contribution in [0.5, 0.6) is 0 Å². The van der Waals surface area contributed by atoms with Gasteiger partial charge in [-0.2, -0.15) is 0 Å². The number of halogens is 1. The lowest BCUT2D eigenvalue weighted by molar-refractivity contribution is 0.101. The lowest BCUT2D eigenvalue weighted by atomic mass is 10.3. The van der Waals surface area contributed by atoms with Crippen LogP contribution in [0, 0.1) is 0 Å². The van der Waals surface area contributed by atoms with Gasteiger partial charge < -0.3 is 0 Å². The number of ketones is 1. The maximum Gasteiger partial charge on any atom is 0.181 e. The van der Waals surface area contributed by atoms with Crippen LogP contribution in [0.4, 0.5) is 0 Å². The lowest BCUT2D eigenvalue weighted by Gasteiger charge is -1.93. The second-order valence-corrected chi connectivity index (χ2v) is 2.11. The standard InChI is InChI=1S/C6H5ClN2O/c1-4(10)5-6(7)9-3-2-8-5/h2-3H,1H3. The molecule has 0 unspecified atom stereocenters.